The smallest absolute Gasteiger partial charge is 0.292 e. The molecule has 1 heterocycles. The molecule has 0 atom stereocenters. The third-order valence-electron chi connectivity index (χ3n) is 3.74. The van der Waals surface area contributed by atoms with Gasteiger partial charge in [-0.3, -0.25) is 29.4 Å². The van der Waals surface area contributed by atoms with Gasteiger partial charge in [-0.2, -0.15) is 0 Å². The average Bonchev–Trinajstić information content (AvgIpc) is 2.90. The monoisotopic (exact) mass is 446 g/mol. The molecule has 0 saturated carbocycles. The van der Waals surface area contributed by atoms with Crippen LogP contribution < -0.4 is 0 Å². The normalized spacial score (nSPS) is 15.4. The molecule has 9 heteroatoms. The highest BCUT2D eigenvalue weighted by Gasteiger charge is 2.36. The summed E-state index contributed by atoms with van der Waals surface area (Å²) in [5, 5.41) is 10.2. The van der Waals surface area contributed by atoms with Crippen molar-refractivity contribution in [2.75, 3.05) is 6.54 Å². The van der Waals surface area contributed by atoms with Gasteiger partial charge in [-0.05, 0) is 47.7 Å². The van der Waals surface area contributed by atoms with Gasteiger partial charge in [0.05, 0.1) is 16.4 Å². The highest BCUT2D eigenvalue weighted by molar-refractivity contribution is 9.10. The first-order valence-electron chi connectivity index (χ1n) is 7.64. The fourth-order valence-electron chi connectivity index (χ4n) is 2.35. The topological polar surface area (TPSA) is 97.6 Å². The zero-order valence-electron chi connectivity index (χ0n) is 13.6. The van der Waals surface area contributed by atoms with Crippen molar-refractivity contribution in [1.82, 2.24) is 4.90 Å². The molecule has 0 unspecified atom stereocenters. The average molecular weight is 447 g/mol. The summed E-state index contributed by atoms with van der Waals surface area (Å²) in [5.41, 5.74) is 0.877. The number of nitro groups is 1. The van der Waals surface area contributed by atoms with Gasteiger partial charge >= 0.3 is 0 Å². The van der Waals surface area contributed by atoms with Crippen LogP contribution in [0, 0.1) is 10.1 Å². The molecule has 0 bridgehead atoms. The van der Waals surface area contributed by atoms with E-state index in [4.69, 9.17) is 0 Å². The quantitative estimate of drug-likeness (QED) is 0.294. The van der Waals surface area contributed by atoms with Crippen LogP contribution in [0.15, 0.2) is 57.9 Å². The molecule has 1 aliphatic heterocycles. The molecule has 0 N–H and O–H groups in total. The number of benzene rings is 2. The van der Waals surface area contributed by atoms with Gasteiger partial charge in [0, 0.05) is 22.2 Å². The second kappa shape index (κ2) is 7.85. The van der Waals surface area contributed by atoms with Gasteiger partial charge in [-0.25, -0.2) is 0 Å². The van der Waals surface area contributed by atoms with Gasteiger partial charge in [-0.15, -0.1) is 0 Å². The number of non-ortho nitro benzene ring substituents is 1. The van der Waals surface area contributed by atoms with Crippen molar-refractivity contribution >= 4 is 56.4 Å². The number of halogens is 1. The maximum atomic E-state index is 12.5. The Kier molecular flexibility index (Phi) is 5.52. The van der Waals surface area contributed by atoms with E-state index in [1.165, 1.54) is 30.3 Å². The van der Waals surface area contributed by atoms with Gasteiger partial charge < -0.3 is 0 Å². The number of imide groups is 1. The molecular formula is C18H11BrN2O5S. The number of Topliss-reactive ketones (excluding diaryl/α,β-unsaturated/α-hetero) is 1. The summed E-state index contributed by atoms with van der Waals surface area (Å²) in [6.45, 7) is -0.343. The Balaban J connectivity index is 1.75. The van der Waals surface area contributed by atoms with E-state index in [0.717, 1.165) is 21.1 Å². The number of hydrogen-bond acceptors (Lipinski definition) is 6. The van der Waals surface area contributed by atoms with Crippen molar-refractivity contribution in [2.24, 2.45) is 0 Å². The lowest BCUT2D eigenvalue weighted by Crippen LogP contribution is -2.33. The summed E-state index contributed by atoms with van der Waals surface area (Å²) in [6, 6.07) is 12.2. The highest BCUT2D eigenvalue weighted by atomic mass is 79.9. The molecule has 2 aromatic rings. The van der Waals surface area contributed by atoms with E-state index in [2.05, 4.69) is 15.9 Å². The summed E-state index contributed by atoms with van der Waals surface area (Å²) in [6.07, 6.45) is 1.47. The number of carbonyl (C=O) groups is 3. The number of ketones is 1. The lowest BCUT2D eigenvalue weighted by molar-refractivity contribution is -0.384. The minimum absolute atomic E-state index is 0.0691. The van der Waals surface area contributed by atoms with E-state index >= 15 is 0 Å². The van der Waals surface area contributed by atoms with Gasteiger partial charge in [-0.1, -0.05) is 28.1 Å². The zero-order valence-corrected chi connectivity index (χ0v) is 16.0. The summed E-state index contributed by atoms with van der Waals surface area (Å²) in [4.78, 5) is 48.1. The predicted molar refractivity (Wildman–Crippen MR) is 104 cm³/mol. The molecule has 1 aliphatic rings. The van der Waals surface area contributed by atoms with Gasteiger partial charge in [0.2, 0.25) is 0 Å². The fourth-order valence-corrected chi connectivity index (χ4v) is 3.45. The Morgan fingerprint density at radius 3 is 2.33 bits per heavy atom. The number of nitrogens with zero attached hydrogens (tertiary/aromatic N) is 2. The summed E-state index contributed by atoms with van der Waals surface area (Å²) < 4.78 is 0.816. The van der Waals surface area contributed by atoms with Crippen molar-refractivity contribution in [3.63, 3.8) is 0 Å². The van der Waals surface area contributed by atoms with Crippen LogP contribution in [0.3, 0.4) is 0 Å². The first kappa shape index (κ1) is 19.0. The maximum absolute atomic E-state index is 12.5. The van der Waals surface area contributed by atoms with E-state index in [1.54, 1.807) is 24.3 Å². The number of amides is 2. The number of rotatable bonds is 5. The van der Waals surface area contributed by atoms with Crippen molar-refractivity contribution in [3.05, 3.63) is 79.2 Å². The first-order valence-corrected chi connectivity index (χ1v) is 9.24. The molecule has 1 saturated heterocycles. The molecule has 3 rings (SSSR count). The second-order valence-corrected chi connectivity index (χ2v) is 7.46. The van der Waals surface area contributed by atoms with Gasteiger partial charge in [0.25, 0.3) is 16.8 Å². The minimum atomic E-state index is -0.561. The molecule has 27 heavy (non-hydrogen) atoms. The van der Waals surface area contributed by atoms with Crippen LogP contribution >= 0.6 is 27.7 Å². The molecule has 1 fully saturated rings. The van der Waals surface area contributed by atoms with Crippen LogP contribution in [0.1, 0.15) is 15.9 Å². The number of thioether (sulfide) groups is 1. The molecule has 0 aliphatic carbocycles. The maximum Gasteiger partial charge on any atom is 0.293 e. The fraction of sp³-hybridized carbons (Fsp3) is 0.0556. The van der Waals surface area contributed by atoms with E-state index in [-0.39, 0.29) is 22.9 Å². The Morgan fingerprint density at radius 2 is 1.74 bits per heavy atom. The number of carbonyl (C=O) groups excluding carboxylic acids is 3. The minimum Gasteiger partial charge on any atom is -0.292 e. The van der Waals surface area contributed by atoms with E-state index in [9.17, 15) is 24.5 Å². The Labute approximate surface area is 166 Å². The van der Waals surface area contributed by atoms with Crippen LogP contribution in [0.5, 0.6) is 0 Å². The summed E-state index contributed by atoms with van der Waals surface area (Å²) >= 11 is 4.01. The molecule has 136 valence electrons. The standard InChI is InChI=1S/C18H11BrN2O5S/c19-13-5-3-12(4-6-13)15(22)10-20-17(23)16(27-18(20)24)9-11-1-7-14(8-2-11)21(25)26/h1-9H,10H2/b16-9+. The lowest BCUT2D eigenvalue weighted by atomic mass is 10.1. The number of nitro benzene ring substituents is 1. The van der Waals surface area contributed by atoms with Crippen LogP contribution in [0.2, 0.25) is 0 Å². The van der Waals surface area contributed by atoms with Crippen LogP contribution in [0.4, 0.5) is 10.5 Å². The van der Waals surface area contributed by atoms with Crippen molar-refractivity contribution in [1.29, 1.82) is 0 Å². The predicted octanol–water partition coefficient (Wildman–Crippen LogP) is 4.28. The third-order valence-corrected chi connectivity index (χ3v) is 5.18. The Hall–Kier alpha value is -2.78. The van der Waals surface area contributed by atoms with Crippen LogP contribution in [-0.2, 0) is 4.79 Å². The van der Waals surface area contributed by atoms with E-state index in [0.29, 0.717) is 11.1 Å². The second-order valence-electron chi connectivity index (χ2n) is 5.55. The highest BCUT2D eigenvalue weighted by Crippen LogP contribution is 2.32. The van der Waals surface area contributed by atoms with Gasteiger partial charge in [0.15, 0.2) is 5.78 Å². The van der Waals surface area contributed by atoms with Crippen LogP contribution in [-0.4, -0.2) is 33.3 Å². The molecule has 0 radical (unpaired) electrons. The molecular weight excluding hydrogens is 436 g/mol. The van der Waals surface area contributed by atoms with Gasteiger partial charge in [0.1, 0.15) is 0 Å². The zero-order chi connectivity index (χ0) is 19.6. The van der Waals surface area contributed by atoms with Crippen molar-refractivity contribution < 1.29 is 19.3 Å². The van der Waals surface area contributed by atoms with Crippen molar-refractivity contribution in [2.45, 2.75) is 0 Å². The third kappa shape index (κ3) is 4.32. The molecule has 0 aromatic heterocycles. The van der Waals surface area contributed by atoms with Crippen molar-refractivity contribution in [3.8, 4) is 0 Å². The summed E-state index contributed by atoms with van der Waals surface area (Å²) in [5.74, 6) is -0.907. The molecule has 7 nitrogen and oxygen atoms in total. The Bertz CT molecular complexity index is 970. The summed E-state index contributed by atoms with van der Waals surface area (Å²) in [7, 11) is 0. The molecule has 2 amide bonds. The molecule has 2 aromatic carbocycles. The van der Waals surface area contributed by atoms with E-state index < -0.39 is 16.1 Å². The van der Waals surface area contributed by atoms with E-state index in [1.807, 2.05) is 0 Å². The lowest BCUT2D eigenvalue weighted by Gasteiger charge is -2.11. The first-order chi connectivity index (χ1) is 12.8. The SMILES string of the molecule is O=C(CN1C(=O)S/C(=C/c2ccc([N+](=O)[O-])cc2)C1=O)c1ccc(Br)cc1. The number of hydrogen-bond donors (Lipinski definition) is 0. The van der Waals surface area contributed by atoms with Crippen LogP contribution in [0.25, 0.3) is 6.08 Å². The largest absolute Gasteiger partial charge is 0.293 e. The Morgan fingerprint density at radius 1 is 1.11 bits per heavy atom. The molecule has 0 spiro atoms.